The molecule has 1 heterocycles. The molecule has 1 fully saturated rings. The maximum Gasteiger partial charge on any atom is 0.124 e. The fourth-order valence-corrected chi connectivity index (χ4v) is 2.55. The van der Waals surface area contributed by atoms with E-state index in [2.05, 4.69) is 36.8 Å². The molecule has 1 unspecified atom stereocenters. The molecule has 0 aromatic carbocycles. The summed E-state index contributed by atoms with van der Waals surface area (Å²) in [5.74, 6) is 2.28. The highest BCUT2D eigenvalue weighted by Crippen LogP contribution is 2.52. The van der Waals surface area contributed by atoms with Crippen molar-refractivity contribution >= 4 is 13.3 Å². The predicted molar refractivity (Wildman–Crippen MR) is 58.3 cm³/mol. The Morgan fingerprint density at radius 1 is 1.54 bits per heavy atom. The first-order valence-electron chi connectivity index (χ1n) is 4.60. The summed E-state index contributed by atoms with van der Waals surface area (Å²) >= 11 is 0. The Hall–Kier alpha value is -0.860. The Kier molecular flexibility index (Phi) is 2.10. The molecule has 13 heavy (non-hydrogen) atoms. The fraction of sp³-hybridized carbons (Fsp3) is 0.455. The fourth-order valence-electron chi connectivity index (χ4n) is 1.58. The standard InChI is InChI=1S/C11H13NP/c1-13-7-2-3-10(4-8-13)11(9-12)5-6-11/h2-4,8H,5-7H2,1H3/q+1. The van der Waals surface area contributed by atoms with Gasteiger partial charge in [-0.2, -0.15) is 5.26 Å². The smallest absolute Gasteiger partial charge is 0.124 e. The Morgan fingerprint density at radius 3 is 2.92 bits per heavy atom. The van der Waals surface area contributed by atoms with Gasteiger partial charge >= 0.3 is 0 Å². The predicted octanol–water partition coefficient (Wildman–Crippen LogP) is 2.70. The quantitative estimate of drug-likeness (QED) is 0.583. The van der Waals surface area contributed by atoms with Gasteiger partial charge in [0, 0.05) is 0 Å². The number of allylic oxidation sites excluding steroid dienone is 4. The van der Waals surface area contributed by atoms with Gasteiger partial charge in [0.25, 0.3) is 0 Å². The average Bonchev–Trinajstić information content (AvgIpc) is 2.89. The van der Waals surface area contributed by atoms with Gasteiger partial charge in [-0.05, 0) is 30.6 Å². The first kappa shape index (κ1) is 8.73. The van der Waals surface area contributed by atoms with Crippen molar-refractivity contribution in [2.24, 2.45) is 5.41 Å². The van der Waals surface area contributed by atoms with Gasteiger partial charge in [0.15, 0.2) is 0 Å². The van der Waals surface area contributed by atoms with Crippen LogP contribution in [0.15, 0.2) is 23.8 Å². The lowest BCUT2D eigenvalue weighted by Gasteiger charge is -2.03. The minimum absolute atomic E-state index is 0.0331. The van der Waals surface area contributed by atoms with Crippen molar-refractivity contribution in [3.05, 3.63) is 23.8 Å². The molecule has 0 amide bonds. The van der Waals surface area contributed by atoms with E-state index in [4.69, 9.17) is 5.26 Å². The molecule has 0 N–H and O–H groups in total. The van der Waals surface area contributed by atoms with Crippen LogP contribution in [0.25, 0.3) is 0 Å². The summed E-state index contributed by atoms with van der Waals surface area (Å²) < 4.78 is 0. The van der Waals surface area contributed by atoms with E-state index in [1.165, 1.54) is 5.57 Å². The normalized spacial score (nSPS) is 26.8. The Morgan fingerprint density at radius 2 is 2.31 bits per heavy atom. The van der Waals surface area contributed by atoms with E-state index in [1.54, 1.807) is 0 Å². The van der Waals surface area contributed by atoms with Gasteiger partial charge in [-0.15, -0.1) is 0 Å². The SMILES string of the molecule is C[P+]1=CC=C(C2(C#N)CC2)C=CC1. The molecule has 2 aliphatic rings. The molecule has 0 spiro atoms. The van der Waals surface area contributed by atoms with Crippen molar-refractivity contribution in [2.45, 2.75) is 12.8 Å². The minimum atomic E-state index is -0.104. The summed E-state index contributed by atoms with van der Waals surface area (Å²) in [6, 6.07) is 2.43. The Balaban J connectivity index is 2.30. The maximum atomic E-state index is 9.03. The summed E-state index contributed by atoms with van der Waals surface area (Å²) in [6.07, 6.45) is 9.81. The van der Waals surface area contributed by atoms with E-state index in [-0.39, 0.29) is 13.0 Å². The molecule has 2 heteroatoms. The lowest BCUT2D eigenvalue weighted by Crippen LogP contribution is -1.98. The topological polar surface area (TPSA) is 23.8 Å². The zero-order chi connectivity index (χ0) is 9.31. The van der Waals surface area contributed by atoms with Crippen LogP contribution in [0.5, 0.6) is 0 Å². The van der Waals surface area contributed by atoms with Gasteiger partial charge in [0.1, 0.15) is 12.0 Å². The van der Waals surface area contributed by atoms with Gasteiger partial charge in [-0.3, -0.25) is 0 Å². The first-order valence-corrected chi connectivity index (χ1v) is 6.65. The van der Waals surface area contributed by atoms with Crippen LogP contribution in [-0.4, -0.2) is 18.6 Å². The van der Waals surface area contributed by atoms with E-state index in [0.717, 1.165) is 19.0 Å². The molecule has 1 aliphatic carbocycles. The molecule has 1 saturated carbocycles. The molecule has 1 nitrogen and oxygen atoms in total. The average molecular weight is 190 g/mol. The molecule has 0 saturated heterocycles. The molecule has 0 aromatic heterocycles. The minimum Gasteiger partial charge on any atom is -0.197 e. The van der Waals surface area contributed by atoms with Gasteiger partial charge in [0.05, 0.1) is 25.7 Å². The van der Waals surface area contributed by atoms with Crippen molar-refractivity contribution in [1.29, 1.82) is 5.26 Å². The molecule has 0 radical (unpaired) electrons. The first-order chi connectivity index (χ1) is 6.27. The lowest BCUT2D eigenvalue weighted by atomic mass is 9.97. The van der Waals surface area contributed by atoms with E-state index in [1.807, 2.05) is 0 Å². The van der Waals surface area contributed by atoms with Crippen molar-refractivity contribution in [3.63, 3.8) is 0 Å². The van der Waals surface area contributed by atoms with Gasteiger partial charge in [0.2, 0.25) is 0 Å². The summed E-state index contributed by atoms with van der Waals surface area (Å²) in [5.41, 5.74) is 1.13. The second kappa shape index (κ2) is 3.13. The van der Waals surface area contributed by atoms with Crippen LogP contribution in [0.4, 0.5) is 0 Å². The van der Waals surface area contributed by atoms with Crippen LogP contribution >= 0.6 is 7.55 Å². The molecular weight excluding hydrogens is 177 g/mol. The second-order valence-corrected chi connectivity index (χ2v) is 5.98. The van der Waals surface area contributed by atoms with Crippen LogP contribution in [-0.2, 0) is 0 Å². The van der Waals surface area contributed by atoms with Crippen molar-refractivity contribution in [2.75, 3.05) is 12.8 Å². The molecule has 0 aromatic rings. The largest absolute Gasteiger partial charge is 0.197 e. The number of rotatable bonds is 1. The Labute approximate surface area is 80.1 Å². The van der Waals surface area contributed by atoms with Crippen LogP contribution in [0.1, 0.15) is 12.8 Å². The summed E-state index contributed by atoms with van der Waals surface area (Å²) in [4.78, 5) is 0. The van der Waals surface area contributed by atoms with Crippen molar-refractivity contribution < 1.29 is 0 Å². The highest BCUT2D eigenvalue weighted by atomic mass is 31.1. The van der Waals surface area contributed by atoms with Crippen LogP contribution in [0, 0.1) is 16.7 Å². The summed E-state index contributed by atoms with van der Waals surface area (Å²) in [7, 11) is 0.0331. The number of nitriles is 1. The maximum absolute atomic E-state index is 9.03. The molecule has 1 atom stereocenters. The molecule has 0 bridgehead atoms. The molecule has 66 valence electrons. The van der Waals surface area contributed by atoms with Crippen molar-refractivity contribution in [3.8, 4) is 6.07 Å². The van der Waals surface area contributed by atoms with Gasteiger partial charge in [-0.25, -0.2) is 0 Å². The monoisotopic (exact) mass is 190 g/mol. The van der Waals surface area contributed by atoms with Crippen LogP contribution < -0.4 is 0 Å². The van der Waals surface area contributed by atoms with Gasteiger partial charge < -0.3 is 0 Å². The summed E-state index contributed by atoms with van der Waals surface area (Å²) in [6.45, 7) is 2.27. The third-order valence-corrected chi connectivity index (χ3v) is 4.16. The van der Waals surface area contributed by atoms with E-state index < -0.39 is 0 Å². The van der Waals surface area contributed by atoms with Crippen molar-refractivity contribution in [1.82, 2.24) is 0 Å². The highest BCUT2D eigenvalue weighted by molar-refractivity contribution is 7.57. The molecular formula is C11H13NP+. The number of hydrogen-bond donors (Lipinski definition) is 0. The second-order valence-electron chi connectivity index (χ2n) is 3.81. The zero-order valence-electron chi connectivity index (χ0n) is 7.83. The van der Waals surface area contributed by atoms with E-state index >= 15 is 0 Å². The summed E-state index contributed by atoms with van der Waals surface area (Å²) in [5, 5.41) is 9.03. The third-order valence-electron chi connectivity index (χ3n) is 2.72. The lowest BCUT2D eigenvalue weighted by molar-refractivity contribution is 0.831. The van der Waals surface area contributed by atoms with Crippen LogP contribution in [0.2, 0.25) is 0 Å². The molecule has 2 rings (SSSR count). The highest BCUT2D eigenvalue weighted by Gasteiger charge is 2.45. The van der Waals surface area contributed by atoms with Gasteiger partial charge in [-0.1, -0.05) is 6.08 Å². The van der Waals surface area contributed by atoms with Crippen LogP contribution in [0.3, 0.4) is 0 Å². The Bertz CT molecular complexity index is 351. The van der Waals surface area contributed by atoms with E-state index in [0.29, 0.717) is 0 Å². The number of nitrogens with zero attached hydrogens (tertiary/aromatic N) is 1. The van der Waals surface area contributed by atoms with E-state index in [9.17, 15) is 0 Å². The zero-order valence-corrected chi connectivity index (χ0v) is 8.72. The molecule has 1 aliphatic heterocycles. The number of hydrogen-bond acceptors (Lipinski definition) is 1. The third kappa shape index (κ3) is 1.60.